The Bertz CT molecular complexity index is 342. The molecule has 0 aliphatic carbocycles. The average molecular weight is 156 g/mol. The summed E-state index contributed by atoms with van der Waals surface area (Å²) in [4.78, 5) is 3.25. The van der Waals surface area contributed by atoms with Crippen LogP contribution in [0.4, 0.5) is 0 Å². The van der Waals surface area contributed by atoms with Crippen molar-refractivity contribution < 1.29 is 0 Å². The van der Waals surface area contributed by atoms with Crippen LogP contribution in [-0.4, -0.2) is 6.54 Å². The molecule has 58 valence electrons. The van der Waals surface area contributed by atoms with Gasteiger partial charge in [0.1, 0.15) is 0 Å². The number of nitriles is 1. The van der Waals surface area contributed by atoms with Crippen LogP contribution in [0.1, 0.15) is 11.1 Å². The van der Waals surface area contributed by atoms with Crippen molar-refractivity contribution in [1.82, 2.24) is 0 Å². The predicted molar refractivity (Wildman–Crippen MR) is 46.3 cm³/mol. The molecule has 0 atom stereocenters. The van der Waals surface area contributed by atoms with Crippen molar-refractivity contribution >= 4 is 0 Å². The molecular weight excluding hydrogens is 148 g/mol. The van der Waals surface area contributed by atoms with E-state index in [-0.39, 0.29) is 0 Å². The largest absolute Gasteiger partial charge is 0.317 e. The molecule has 0 radical (unpaired) electrons. The Labute approximate surface area is 71.9 Å². The molecule has 0 bridgehead atoms. The Morgan fingerprint density at radius 1 is 1.42 bits per heavy atom. The molecule has 2 heteroatoms. The maximum absolute atomic E-state index is 8.69. The average Bonchev–Trinajstić information content (AvgIpc) is 2.15. The van der Waals surface area contributed by atoms with Gasteiger partial charge in [0.25, 0.3) is 0 Å². The van der Waals surface area contributed by atoms with Gasteiger partial charge < -0.3 is 4.85 Å². The minimum absolute atomic E-state index is 0.457. The SMILES string of the molecule is [C-]#[N+]CCc1ccccc1C#N. The first-order chi connectivity index (χ1) is 5.88. The van der Waals surface area contributed by atoms with Crippen molar-refractivity contribution in [3.05, 3.63) is 46.8 Å². The lowest BCUT2D eigenvalue weighted by molar-refractivity contribution is 1.07. The summed E-state index contributed by atoms with van der Waals surface area (Å²) in [6, 6.07) is 9.49. The van der Waals surface area contributed by atoms with Crippen LogP contribution in [-0.2, 0) is 6.42 Å². The second-order valence-corrected chi connectivity index (χ2v) is 2.40. The number of hydrogen-bond donors (Lipinski definition) is 0. The van der Waals surface area contributed by atoms with Crippen LogP contribution in [0.25, 0.3) is 4.85 Å². The molecule has 0 saturated carbocycles. The second kappa shape index (κ2) is 4.16. The summed E-state index contributed by atoms with van der Waals surface area (Å²) in [5.74, 6) is 0. The second-order valence-electron chi connectivity index (χ2n) is 2.40. The standard InChI is InChI=1S/C10H8N2/c1-12-7-6-9-4-2-3-5-10(9)8-11/h2-5H,6-7H2. The van der Waals surface area contributed by atoms with E-state index in [0.29, 0.717) is 18.5 Å². The molecule has 1 aromatic rings. The Morgan fingerprint density at radius 2 is 2.17 bits per heavy atom. The van der Waals surface area contributed by atoms with Crippen molar-refractivity contribution in [1.29, 1.82) is 5.26 Å². The van der Waals surface area contributed by atoms with E-state index in [1.54, 1.807) is 6.07 Å². The van der Waals surface area contributed by atoms with Crippen molar-refractivity contribution in [3.8, 4) is 6.07 Å². The summed E-state index contributed by atoms with van der Waals surface area (Å²) < 4.78 is 0. The van der Waals surface area contributed by atoms with Crippen molar-refractivity contribution in [3.63, 3.8) is 0 Å². The Morgan fingerprint density at radius 3 is 2.83 bits per heavy atom. The summed E-state index contributed by atoms with van der Waals surface area (Å²) in [7, 11) is 0. The fourth-order valence-corrected chi connectivity index (χ4v) is 1.02. The van der Waals surface area contributed by atoms with Crippen LogP contribution in [0.15, 0.2) is 24.3 Å². The van der Waals surface area contributed by atoms with Gasteiger partial charge in [-0.3, -0.25) is 0 Å². The van der Waals surface area contributed by atoms with Gasteiger partial charge in [0.05, 0.1) is 11.6 Å². The Kier molecular flexibility index (Phi) is 2.87. The molecular formula is C10H8N2. The molecule has 2 nitrogen and oxygen atoms in total. The topological polar surface area (TPSA) is 28.1 Å². The molecule has 0 heterocycles. The molecule has 0 aliphatic rings. The summed E-state index contributed by atoms with van der Waals surface area (Å²) >= 11 is 0. The molecule has 0 unspecified atom stereocenters. The van der Waals surface area contributed by atoms with E-state index in [0.717, 1.165) is 5.56 Å². The van der Waals surface area contributed by atoms with E-state index in [1.165, 1.54) is 0 Å². The normalized spacial score (nSPS) is 8.50. The van der Waals surface area contributed by atoms with Crippen LogP contribution >= 0.6 is 0 Å². The minimum Gasteiger partial charge on any atom is -0.317 e. The number of benzene rings is 1. The third-order valence-corrected chi connectivity index (χ3v) is 1.63. The smallest absolute Gasteiger partial charge is 0.218 e. The van der Waals surface area contributed by atoms with Gasteiger partial charge in [-0.25, -0.2) is 6.57 Å². The highest BCUT2D eigenvalue weighted by Crippen LogP contribution is 2.07. The van der Waals surface area contributed by atoms with Gasteiger partial charge in [0.15, 0.2) is 0 Å². The fraction of sp³-hybridized carbons (Fsp3) is 0.200. The molecule has 0 fully saturated rings. The zero-order chi connectivity index (χ0) is 8.81. The van der Waals surface area contributed by atoms with Gasteiger partial charge in [0.2, 0.25) is 6.54 Å². The van der Waals surface area contributed by atoms with Gasteiger partial charge in [-0.2, -0.15) is 5.26 Å². The van der Waals surface area contributed by atoms with Gasteiger partial charge >= 0.3 is 0 Å². The van der Waals surface area contributed by atoms with Crippen LogP contribution in [0, 0.1) is 17.9 Å². The summed E-state index contributed by atoms with van der Waals surface area (Å²) in [6.45, 7) is 7.08. The maximum Gasteiger partial charge on any atom is 0.218 e. The first kappa shape index (κ1) is 8.30. The fourth-order valence-electron chi connectivity index (χ4n) is 1.02. The molecule has 0 N–H and O–H groups in total. The molecule has 0 amide bonds. The minimum atomic E-state index is 0.457. The third kappa shape index (κ3) is 1.84. The highest BCUT2D eigenvalue weighted by atomic mass is 14.6. The summed E-state index contributed by atoms with van der Waals surface area (Å²) in [6.07, 6.45) is 0.674. The molecule has 0 saturated heterocycles. The monoisotopic (exact) mass is 156 g/mol. The van der Waals surface area contributed by atoms with Crippen LogP contribution < -0.4 is 0 Å². The van der Waals surface area contributed by atoms with Gasteiger partial charge in [-0.05, 0) is 11.6 Å². The summed E-state index contributed by atoms with van der Waals surface area (Å²) in [5.41, 5.74) is 1.65. The number of rotatable bonds is 2. The lowest BCUT2D eigenvalue weighted by atomic mass is 10.1. The molecule has 0 aromatic heterocycles. The van der Waals surface area contributed by atoms with E-state index in [2.05, 4.69) is 10.9 Å². The molecule has 1 aromatic carbocycles. The maximum atomic E-state index is 8.69. The molecule has 12 heavy (non-hydrogen) atoms. The first-order valence-electron chi connectivity index (χ1n) is 3.69. The lowest BCUT2D eigenvalue weighted by Crippen LogP contribution is -1.91. The number of hydrogen-bond acceptors (Lipinski definition) is 1. The van der Waals surface area contributed by atoms with E-state index in [9.17, 15) is 0 Å². The molecule has 0 aliphatic heterocycles. The molecule has 0 spiro atoms. The van der Waals surface area contributed by atoms with Gasteiger partial charge in [0, 0.05) is 6.42 Å². The Balaban J connectivity index is 2.86. The highest BCUT2D eigenvalue weighted by Gasteiger charge is 2.00. The van der Waals surface area contributed by atoms with Crippen molar-refractivity contribution in [2.75, 3.05) is 6.54 Å². The Hall–Kier alpha value is -1.80. The first-order valence-corrected chi connectivity index (χ1v) is 3.69. The highest BCUT2D eigenvalue weighted by molar-refractivity contribution is 5.37. The zero-order valence-corrected chi connectivity index (χ0v) is 6.62. The lowest BCUT2D eigenvalue weighted by Gasteiger charge is -1.96. The van der Waals surface area contributed by atoms with Crippen LogP contribution in [0.3, 0.4) is 0 Å². The van der Waals surface area contributed by atoms with Crippen molar-refractivity contribution in [2.24, 2.45) is 0 Å². The van der Waals surface area contributed by atoms with Gasteiger partial charge in [-0.1, -0.05) is 18.2 Å². The van der Waals surface area contributed by atoms with E-state index < -0.39 is 0 Å². The van der Waals surface area contributed by atoms with Crippen LogP contribution in [0.5, 0.6) is 0 Å². The molecule has 1 rings (SSSR count). The van der Waals surface area contributed by atoms with E-state index in [1.807, 2.05) is 18.2 Å². The van der Waals surface area contributed by atoms with Crippen LogP contribution in [0.2, 0.25) is 0 Å². The number of nitrogens with zero attached hydrogens (tertiary/aromatic N) is 2. The van der Waals surface area contributed by atoms with Gasteiger partial charge in [-0.15, -0.1) is 0 Å². The summed E-state index contributed by atoms with van der Waals surface area (Å²) in [5, 5.41) is 8.69. The third-order valence-electron chi connectivity index (χ3n) is 1.63. The predicted octanol–water partition coefficient (Wildman–Crippen LogP) is 2.02. The van der Waals surface area contributed by atoms with E-state index in [4.69, 9.17) is 11.8 Å². The zero-order valence-electron chi connectivity index (χ0n) is 6.62. The van der Waals surface area contributed by atoms with E-state index >= 15 is 0 Å². The van der Waals surface area contributed by atoms with Crippen molar-refractivity contribution in [2.45, 2.75) is 6.42 Å². The quantitative estimate of drug-likeness (QED) is 0.602.